The number of ether oxygens (including phenoxy) is 1. The fourth-order valence-electron chi connectivity index (χ4n) is 2.73. The Morgan fingerprint density at radius 3 is 2.68 bits per heavy atom. The van der Waals surface area contributed by atoms with Gasteiger partial charge in [-0.3, -0.25) is 9.48 Å². The lowest BCUT2D eigenvalue weighted by atomic mass is 10.2. The Hall–Kier alpha value is -2.82. The van der Waals surface area contributed by atoms with Gasteiger partial charge in [-0.1, -0.05) is 37.3 Å². The van der Waals surface area contributed by atoms with E-state index in [1.165, 1.54) is 0 Å². The quantitative estimate of drug-likeness (QED) is 0.718. The first kappa shape index (κ1) is 17.0. The molecular weight excluding hydrogens is 314 g/mol. The van der Waals surface area contributed by atoms with Gasteiger partial charge in [-0.05, 0) is 37.1 Å². The van der Waals surface area contributed by atoms with Crippen LogP contribution in [-0.4, -0.2) is 22.3 Å². The van der Waals surface area contributed by atoms with Crippen LogP contribution in [0, 0.1) is 6.92 Å². The van der Waals surface area contributed by atoms with E-state index in [0.717, 1.165) is 34.3 Å². The number of nitrogens with one attached hydrogen (secondary N) is 1. The Labute approximate surface area is 147 Å². The molecule has 1 aromatic heterocycles. The molecule has 1 amide bonds. The van der Waals surface area contributed by atoms with E-state index in [1.807, 2.05) is 55.5 Å². The maximum Gasteiger partial charge on any atom is 0.242 e. The Morgan fingerprint density at radius 2 is 1.92 bits per heavy atom. The summed E-state index contributed by atoms with van der Waals surface area (Å²) in [5, 5.41) is 8.49. The number of rotatable bonds is 7. The summed E-state index contributed by atoms with van der Waals surface area (Å²) in [6.07, 6.45) is 0.986. The van der Waals surface area contributed by atoms with Crippen LogP contribution in [0.1, 0.15) is 24.6 Å². The number of benzene rings is 2. The molecule has 25 heavy (non-hydrogen) atoms. The third-order valence-electron chi connectivity index (χ3n) is 4.02. The summed E-state index contributed by atoms with van der Waals surface area (Å²) in [7, 11) is 0. The molecule has 5 heteroatoms. The minimum absolute atomic E-state index is 0.0560. The van der Waals surface area contributed by atoms with E-state index in [9.17, 15) is 4.79 Å². The summed E-state index contributed by atoms with van der Waals surface area (Å²) in [5.74, 6) is 0.801. The maximum absolute atomic E-state index is 12.3. The SMILES string of the molecule is CCCOc1ccc(CNC(=O)Cn2nc(C)c3ccccc32)cc1. The molecule has 0 saturated heterocycles. The first-order valence-electron chi connectivity index (χ1n) is 8.58. The van der Waals surface area contributed by atoms with Crippen molar-refractivity contribution < 1.29 is 9.53 Å². The van der Waals surface area contributed by atoms with Crippen LogP contribution in [0.2, 0.25) is 0 Å². The molecule has 3 aromatic rings. The summed E-state index contributed by atoms with van der Waals surface area (Å²) in [6, 6.07) is 15.8. The zero-order valence-corrected chi connectivity index (χ0v) is 14.7. The number of aryl methyl sites for hydroxylation is 1. The third kappa shape index (κ3) is 4.18. The second kappa shape index (κ2) is 7.83. The van der Waals surface area contributed by atoms with Gasteiger partial charge in [0, 0.05) is 11.9 Å². The molecule has 130 valence electrons. The van der Waals surface area contributed by atoms with E-state index >= 15 is 0 Å². The van der Waals surface area contributed by atoms with Gasteiger partial charge in [-0.2, -0.15) is 5.10 Å². The molecule has 0 aliphatic rings. The number of hydrogen-bond donors (Lipinski definition) is 1. The average Bonchev–Trinajstić information content (AvgIpc) is 2.95. The highest BCUT2D eigenvalue weighted by molar-refractivity contribution is 5.84. The van der Waals surface area contributed by atoms with Crippen LogP contribution in [0.5, 0.6) is 5.75 Å². The zero-order valence-electron chi connectivity index (χ0n) is 14.7. The van der Waals surface area contributed by atoms with Crippen molar-refractivity contribution in [1.82, 2.24) is 15.1 Å². The molecule has 0 aliphatic heterocycles. The molecule has 0 fully saturated rings. The van der Waals surface area contributed by atoms with Crippen molar-refractivity contribution in [3.8, 4) is 5.75 Å². The molecule has 1 N–H and O–H groups in total. The molecule has 0 spiro atoms. The molecule has 0 atom stereocenters. The summed E-state index contributed by atoms with van der Waals surface area (Å²) < 4.78 is 7.31. The van der Waals surface area contributed by atoms with Crippen molar-refractivity contribution in [2.24, 2.45) is 0 Å². The van der Waals surface area contributed by atoms with Crippen molar-refractivity contribution in [1.29, 1.82) is 0 Å². The molecular formula is C20H23N3O2. The van der Waals surface area contributed by atoms with Gasteiger partial charge in [-0.15, -0.1) is 0 Å². The second-order valence-electron chi connectivity index (χ2n) is 6.03. The second-order valence-corrected chi connectivity index (χ2v) is 6.03. The summed E-state index contributed by atoms with van der Waals surface area (Å²) in [5.41, 5.74) is 2.96. The van der Waals surface area contributed by atoms with Crippen molar-refractivity contribution in [3.63, 3.8) is 0 Å². The van der Waals surface area contributed by atoms with Crippen LogP contribution in [0.3, 0.4) is 0 Å². The van der Waals surface area contributed by atoms with Crippen molar-refractivity contribution in [2.45, 2.75) is 33.4 Å². The average molecular weight is 337 g/mol. The lowest BCUT2D eigenvalue weighted by Crippen LogP contribution is -2.27. The number of carbonyl (C=O) groups is 1. The standard InChI is InChI=1S/C20H23N3O2/c1-3-12-25-17-10-8-16(9-11-17)13-21-20(24)14-23-19-7-5-4-6-18(19)15(2)22-23/h4-11H,3,12-14H2,1-2H3,(H,21,24). The first-order valence-corrected chi connectivity index (χ1v) is 8.58. The maximum atomic E-state index is 12.3. The van der Waals surface area contributed by atoms with Crippen LogP contribution in [-0.2, 0) is 17.9 Å². The summed E-state index contributed by atoms with van der Waals surface area (Å²) in [6.45, 7) is 5.46. The molecule has 2 aromatic carbocycles. The van der Waals surface area contributed by atoms with E-state index in [1.54, 1.807) is 4.68 Å². The molecule has 1 heterocycles. The van der Waals surface area contributed by atoms with Crippen LogP contribution < -0.4 is 10.1 Å². The van der Waals surface area contributed by atoms with Crippen molar-refractivity contribution in [2.75, 3.05) is 6.61 Å². The third-order valence-corrected chi connectivity index (χ3v) is 4.02. The van der Waals surface area contributed by atoms with Crippen LogP contribution in [0.4, 0.5) is 0 Å². The van der Waals surface area contributed by atoms with Gasteiger partial charge >= 0.3 is 0 Å². The topological polar surface area (TPSA) is 56.1 Å². The minimum atomic E-state index is -0.0560. The van der Waals surface area contributed by atoms with Gasteiger partial charge in [0.2, 0.25) is 5.91 Å². The van der Waals surface area contributed by atoms with Gasteiger partial charge in [0.05, 0.1) is 17.8 Å². The Morgan fingerprint density at radius 1 is 1.16 bits per heavy atom. The number of nitrogens with zero attached hydrogens (tertiary/aromatic N) is 2. The largest absolute Gasteiger partial charge is 0.494 e. The molecule has 0 unspecified atom stereocenters. The van der Waals surface area contributed by atoms with Gasteiger partial charge in [0.15, 0.2) is 0 Å². The number of amides is 1. The highest BCUT2D eigenvalue weighted by atomic mass is 16.5. The minimum Gasteiger partial charge on any atom is -0.494 e. The number of fused-ring (bicyclic) bond motifs is 1. The lowest BCUT2D eigenvalue weighted by molar-refractivity contribution is -0.121. The monoisotopic (exact) mass is 337 g/mol. The van der Waals surface area contributed by atoms with Crippen molar-refractivity contribution in [3.05, 3.63) is 59.8 Å². The number of hydrogen-bond acceptors (Lipinski definition) is 3. The fourth-order valence-corrected chi connectivity index (χ4v) is 2.73. The first-order chi connectivity index (χ1) is 12.2. The highest BCUT2D eigenvalue weighted by Gasteiger charge is 2.10. The Balaban J connectivity index is 1.57. The van der Waals surface area contributed by atoms with E-state index in [2.05, 4.69) is 17.3 Å². The van der Waals surface area contributed by atoms with Gasteiger partial charge in [-0.25, -0.2) is 0 Å². The Bertz CT molecular complexity index is 853. The predicted molar refractivity (Wildman–Crippen MR) is 98.5 cm³/mol. The molecule has 0 bridgehead atoms. The predicted octanol–water partition coefficient (Wildman–Crippen LogP) is 3.45. The van der Waals surface area contributed by atoms with Gasteiger partial charge < -0.3 is 10.1 Å². The summed E-state index contributed by atoms with van der Waals surface area (Å²) >= 11 is 0. The van der Waals surface area contributed by atoms with Crippen LogP contribution >= 0.6 is 0 Å². The highest BCUT2D eigenvalue weighted by Crippen LogP contribution is 2.17. The number of aromatic nitrogens is 2. The number of para-hydroxylation sites is 1. The van der Waals surface area contributed by atoms with Crippen molar-refractivity contribution >= 4 is 16.8 Å². The molecule has 0 aliphatic carbocycles. The van der Waals surface area contributed by atoms with E-state index in [0.29, 0.717) is 13.2 Å². The summed E-state index contributed by atoms with van der Waals surface area (Å²) in [4.78, 5) is 12.3. The van der Waals surface area contributed by atoms with E-state index < -0.39 is 0 Å². The molecule has 5 nitrogen and oxygen atoms in total. The molecule has 0 radical (unpaired) electrons. The zero-order chi connectivity index (χ0) is 17.6. The van der Waals surface area contributed by atoms with Gasteiger partial charge in [0.25, 0.3) is 0 Å². The fraction of sp³-hybridized carbons (Fsp3) is 0.300. The normalized spacial score (nSPS) is 10.8. The van der Waals surface area contributed by atoms with E-state index in [-0.39, 0.29) is 12.5 Å². The Kier molecular flexibility index (Phi) is 5.33. The van der Waals surface area contributed by atoms with Gasteiger partial charge in [0.1, 0.15) is 12.3 Å². The number of carbonyl (C=O) groups excluding carboxylic acids is 1. The molecule has 0 saturated carbocycles. The van der Waals surface area contributed by atoms with Crippen LogP contribution in [0.15, 0.2) is 48.5 Å². The van der Waals surface area contributed by atoms with Crippen LogP contribution in [0.25, 0.3) is 10.9 Å². The van der Waals surface area contributed by atoms with E-state index in [4.69, 9.17) is 4.74 Å². The smallest absolute Gasteiger partial charge is 0.242 e. The molecule has 3 rings (SSSR count). The lowest BCUT2D eigenvalue weighted by Gasteiger charge is -2.08.